The summed E-state index contributed by atoms with van der Waals surface area (Å²) in [5, 5.41) is 6.87. The first-order valence-corrected chi connectivity index (χ1v) is 9.93. The van der Waals surface area contributed by atoms with Crippen molar-refractivity contribution < 1.29 is 4.79 Å². The van der Waals surface area contributed by atoms with Gasteiger partial charge in [0.1, 0.15) is 0 Å². The molecule has 1 aliphatic carbocycles. The molecule has 25 heavy (non-hydrogen) atoms. The smallest absolute Gasteiger partial charge is 0.225 e. The molecule has 0 aromatic rings. The fraction of sp³-hybridized carbons (Fsp3) is 0.895. The summed E-state index contributed by atoms with van der Waals surface area (Å²) in [7, 11) is 0. The second-order valence-electron chi connectivity index (χ2n) is 7.62. The molecule has 0 radical (unpaired) electrons. The van der Waals surface area contributed by atoms with Gasteiger partial charge in [-0.05, 0) is 25.7 Å². The van der Waals surface area contributed by atoms with E-state index in [0.29, 0.717) is 6.04 Å². The first-order valence-electron chi connectivity index (χ1n) is 9.93. The van der Waals surface area contributed by atoms with Gasteiger partial charge in [-0.25, -0.2) is 0 Å². The quantitative estimate of drug-likeness (QED) is 0.360. The first kappa shape index (κ1) is 22.5. The van der Waals surface area contributed by atoms with Gasteiger partial charge in [0.05, 0.1) is 0 Å². The molecular formula is C19H37IN4O. The van der Waals surface area contributed by atoms with E-state index in [0.717, 1.165) is 44.5 Å². The van der Waals surface area contributed by atoms with Gasteiger partial charge in [0.25, 0.3) is 0 Å². The van der Waals surface area contributed by atoms with E-state index >= 15 is 0 Å². The largest absolute Gasteiger partial charge is 0.357 e. The molecule has 1 saturated heterocycles. The molecule has 2 aliphatic rings. The van der Waals surface area contributed by atoms with Crippen molar-refractivity contribution in [3.63, 3.8) is 0 Å². The highest BCUT2D eigenvalue weighted by molar-refractivity contribution is 14.0. The van der Waals surface area contributed by atoms with Crippen molar-refractivity contribution in [1.29, 1.82) is 0 Å². The molecule has 1 amide bonds. The zero-order valence-corrected chi connectivity index (χ0v) is 18.6. The predicted molar refractivity (Wildman–Crippen MR) is 116 cm³/mol. The Kier molecular flexibility index (Phi) is 10.8. The third-order valence-electron chi connectivity index (χ3n) is 5.21. The number of likely N-dealkylation sites (tertiary alicyclic amines) is 1. The van der Waals surface area contributed by atoms with Crippen molar-refractivity contribution in [1.82, 2.24) is 15.5 Å². The number of aliphatic imine (C=N–C) groups is 1. The summed E-state index contributed by atoms with van der Waals surface area (Å²) in [6.07, 6.45) is 9.19. The van der Waals surface area contributed by atoms with Gasteiger partial charge in [-0.3, -0.25) is 9.79 Å². The Morgan fingerprint density at radius 2 is 1.92 bits per heavy atom. The maximum atomic E-state index is 12.1. The number of amides is 1. The topological polar surface area (TPSA) is 56.7 Å². The van der Waals surface area contributed by atoms with Crippen molar-refractivity contribution in [3.05, 3.63) is 0 Å². The molecule has 0 bridgehead atoms. The number of hydrogen-bond acceptors (Lipinski definition) is 2. The summed E-state index contributed by atoms with van der Waals surface area (Å²) in [5.41, 5.74) is 0. The second-order valence-corrected chi connectivity index (χ2v) is 7.62. The molecule has 1 heterocycles. The van der Waals surface area contributed by atoms with Crippen LogP contribution in [0.5, 0.6) is 0 Å². The average Bonchev–Trinajstić information content (AvgIpc) is 3.03. The zero-order valence-electron chi connectivity index (χ0n) is 16.2. The Balaban J connectivity index is 0.00000312. The number of carbonyl (C=O) groups excluding carboxylic acids is 1. The molecule has 1 saturated carbocycles. The van der Waals surface area contributed by atoms with Gasteiger partial charge in [-0.15, -0.1) is 24.0 Å². The van der Waals surface area contributed by atoms with E-state index in [-0.39, 0.29) is 35.8 Å². The number of guanidine groups is 1. The highest BCUT2D eigenvalue weighted by Gasteiger charge is 2.27. The summed E-state index contributed by atoms with van der Waals surface area (Å²) in [5.74, 6) is 2.13. The number of nitrogens with one attached hydrogen (secondary N) is 2. The van der Waals surface area contributed by atoms with E-state index in [1.807, 2.05) is 18.7 Å². The Morgan fingerprint density at radius 3 is 2.56 bits per heavy atom. The summed E-state index contributed by atoms with van der Waals surface area (Å²) in [6.45, 7) is 9.47. The van der Waals surface area contributed by atoms with Gasteiger partial charge >= 0.3 is 0 Å². The molecule has 2 N–H and O–H groups in total. The lowest BCUT2D eigenvalue weighted by Crippen LogP contribution is -2.45. The van der Waals surface area contributed by atoms with Crippen LogP contribution in [0, 0.1) is 11.8 Å². The molecule has 0 aromatic carbocycles. The number of rotatable bonds is 6. The normalized spacial score (nSPS) is 22.0. The SMILES string of the molecule is CCNC(=NCCC1CCCCC1)NC1CCN(C(=O)C(C)C)C1.I. The summed E-state index contributed by atoms with van der Waals surface area (Å²) in [6, 6.07) is 0.320. The Bertz CT molecular complexity index is 422. The highest BCUT2D eigenvalue weighted by atomic mass is 127. The lowest BCUT2D eigenvalue weighted by Gasteiger charge is -2.22. The number of hydrogen-bond donors (Lipinski definition) is 2. The lowest BCUT2D eigenvalue weighted by atomic mass is 9.87. The minimum Gasteiger partial charge on any atom is -0.357 e. The Morgan fingerprint density at radius 1 is 1.20 bits per heavy atom. The molecule has 6 heteroatoms. The fourth-order valence-corrected chi connectivity index (χ4v) is 3.79. The summed E-state index contributed by atoms with van der Waals surface area (Å²) < 4.78 is 0. The van der Waals surface area contributed by atoms with Crippen LogP contribution in [-0.4, -0.2) is 49.0 Å². The second kappa shape index (κ2) is 12.0. The molecule has 146 valence electrons. The van der Waals surface area contributed by atoms with E-state index in [1.54, 1.807) is 0 Å². The monoisotopic (exact) mass is 464 g/mol. The molecule has 0 aromatic heterocycles. The average molecular weight is 464 g/mol. The minimum absolute atomic E-state index is 0. The van der Waals surface area contributed by atoms with Crippen molar-refractivity contribution in [2.75, 3.05) is 26.2 Å². The fourth-order valence-electron chi connectivity index (χ4n) is 3.79. The van der Waals surface area contributed by atoms with Gasteiger partial charge in [0.2, 0.25) is 5.91 Å². The van der Waals surface area contributed by atoms with Crippen LogP contribution in [0.2, 0.25) is 0 Å². The number of nitrogens with zero attached hydrogens (tertiary/aromatic N) is 2. The van der Waals surface area contributed by atoms with Gasteiger partial charge < -0.3 is 15.5 Å². The van der Waals surface area contributed by atoms with Crippen LogP contribution in [0.15, 0.2) is 4.99 Å². The van der Waals surface area contributed by atoms with E-state index in [2.05, 4.69) is 17.6 Å². The van der Waals surface area contributed by atoms with Gasteiger partial charge in [-0.1, -0.05) is 46.0 Å². The number of carbonyl (C=O) groups is 1. The maximum Gasteiger partial charge on any atom is 0.225 e. The third-order valence-corrected chi connectivity index (χ3v) is 5.21. The molecule has 1 unspecified atom stereocenters. The van der Waals surface area contributed by atoms with Crippen LogP contribution >= 0.6 is 24.0 Å². The molecule has 2 fully saturated rings. The molecule has 1 atom stereocenters. The Hall–Kier alpha value is -0.530. The van der Waals surface area contributed by atoms with Gasteiger partial charge in [0.15, 0.2) is 5.96 Å². The van der Waals surface area contributed by atoms with Crippen LogP contribution in [0.25, 0.3) is 0 Å². The minimum atomic E-state index is 0. The third kappa shape index (κ3) is 7.71. The van der Waals surface area contributed by atoms with Crippen LogP contribution in [0.3, 0.4) is 0 Å². The lowest BCUT2D eigenvalue weighted by molar-refractivity contribution is -0.133. The molecule has 5 nitrogen and oxygen atoms in total. The van der Waals surface area contributed by atoms with Crippen molar-refractivity contribution in [2.45, 2.75) is 71.8 Å². The van der Waals surface area contributed by atoms with Crippen LogP contribution < -0.4 is 10.6 Å². The standard InChI is InChI=1S/C19H36N4O.HI/c1-4-20-19(21-12-10-16-8-6-5-7-9-16)22-17-11-13-23(14-17)18(24)15(2)3;/h15-17H,4-14H2,1-3H3,(H2,20,21,22);1H. The van der Waals surface area contributed by atoms with Crippen LogP contribution in [-0.2, 0) is 4.79 Å². The van der Waals surface area contributed by atoms with E-state index in [4.69, 9.17) is 4.99 Å². The first-order chi connectivity index (χ1) is 11.6. The molecule has 2 rings (SSSR count). The van der Waals surface area contributed by atoms with Crippen LogP contribution in [0.1, 0.15) is 65.7 Å². The summed E-state index contributed by atoms with van der Waals surface area (Å²) >= 11 is 0. The maximum absolute atomic E-state index is 12.1. The van der Waals surface area contributed by atoms with Gasteiger partial charge in [0, 0.05) is 38.1 Å². The summed E-state index contributed by atoms with van der Waals surface area (Å²) in [4.78, 5) is 18.8. The van der Waals surface area contributed by atoms with Crippen molar-refractivity contribution in [2.24, 2.45) is 16.8 Å². The Labute approximate surface area is 170 Å². The zero-order chi connectivity index (χ0) is 17.4. The van der Waals surface area contributed by atoms with Crippen molar-refractivity contribution in [3.8, 4) is 0 Å². The number of halogens is 1. The molecular weight excluding hydrogens is 427 g/mol. The van der Waals surface area contributed by atoms with E-state index in [1.165, 1.54) is 38.5 Å². The van der Waals surface area contributed by atoms with Gasteiger partial charge in [-0.2, -0.15) is 0 Å². The predicted octanol–water partition coefficient (Wildman–Crippen LogP) is 3.39. The van der Waals surface area contributed by atoms with Crippen LogP contribution in [0.4, 0.5) is 0 Å². The molecule has 0 spiro atoms. The highest BCUT2D eigenvalue weighted by Crippen LogP contribution is 2.26. The van der Waals surface area contributed by atoms with Crippen molar-refractivity contribution >= 4 is 35.8 Å². The van der Waals surface area contributed by atoms with E-state index in [9.17, 15) is 4.79 Å². The molecule has 1 aliphatic heterocycles. The van der Waals surface area contributed by atoms with E-state index < -0.39 is 0 Å².